The second-order valence-electron chi connectivity index (χ2n) is 7.89. The molecule has 0 bridgehead atoms. The van der Waals surface area contributed by atoms with Gasteiger partial charge in [-0.15, -0.1) is 0 Å². The van der Waals surface area contributed by atoms with Crippen molar-refractivity contribution < 1.29 is 9.53 Å². The van der Waals surface area contributed by atoms with Gasteiger partial charge in [0.15, 0.2) is 0 Å². The van der Waals surface area contributed by atoms with Crippen molar-refractivity contribution in [2.45, 2.75) is 57.7 Å². The molecule has 0 unspecified atom stereocenters. The number of hydrogen-bond donors (Lipinski definition) is 0. The van der Waals surface area contributed by atoms with Gasteiger partial charge < -0.3 is 9.64 Å². The molecule has 1 amide bonds. The summed E-state index contributed by atoms with van der Waals surface area (Å²) in [6.45, 7) is 9.40. The highest BCUT2D eigenvalue weighted by Gasteiger charge is 2.50. The van der Waals surface area contributed by atoms with Crippen LogP contribution in [0.1, 0.15) is 45.6 Å². The number of amides is 1. The monoisotopic (exact) mass is 316 g/mol. The highest BCUT2D eigenvalue weighted by molar-refractivity contribution is 5.68. The van der Waals surface area contributed by atoms with Crippen molar-refractivity contribution in [2.24, 2.45) is 0 Å². The maximum Gasteiger partial charge on any atom is 0.410 e. The predicted molar refractivity (Wildman–Crippen MR) is 91.2 cm³/mol. The average Bonchev–Trinajstić information content (AvgIpc) is 3.27. The normalized spacial score (nSPS) is 21.1. The number of benzene rings is 1. The Morgan fingerprint density at radius 2 is 1.87 bits per heavy atom. The van der Waals surface area contributed by atoms with E-state index >= 15 is 0 Å². The van der Waals surface area contributed by atoms with Gasteiger partial charge in [0.1, 0.15) is 5.60 Å². The number of rotatable bonds is 2. The van der Waals surface area contributed by atoms with E-state index in [-0.39, 0.29) is 11.6 Å². The first-order valence-electron chi connectivity index (χ1n) is 8.65. The van der Waals surface area contributed by atoms with Crippen LogP contribution in [-0.4, -0.2) is 46.7 Å². The number of nitrogens with zero attached hydrogens (tertiary/aromatic N) is 2. The van der Waals surface area contributed by atoms with E-state index in [2.05, 4.69) is 35.2 Å². The van der Waals surface area contributed by atoms with Gasteiger partial charge in [-0.3, -0.25) is 4.90 Å². The van der Waals surface area contributed by atoms with Crippen molar-refractivity contribution in [1.29, 1.82) is 0 Å². The van der Waals surface area contributed by atoms with Crippen molar-refractivity contribution >= 4 is 6.09 Å². The molecule has 1 aliphatic heterocycles. The first-order valence-corrected chi connectivity index (χ1v) is 8.65. The van der Waals surface area contributed by atoms with Gasteiger partial charge in [0.05, 0.1) is 0 Å². The van der Waals surface area contributed by atoms with E-state index in [4.69, 9.17) is 4.74 Å². The third-order valence-electron chi connectivity index (χ3n) is 4.71. The van der Waals surface area contributed by atoms with Gasteiger partial charge in [0.2, 0.25) is 0 Å². The molecule has 0 radical (unpaired) electrons. The summed E-state index contributed by atoms with van der Waals surface area (Å²) in [5.41, 5.74) is 1.09. The van der Waals surface area contributed by atoms with E-state index in [1.165, 1.54) is 18.4 Å². The van der Waals surface area contributed by atoms with Crippen molar-refractivity contribution in [1.82, 2.24) is 9.80 Å². The minimum atomic E-state index is -0.427. The highest BCUT2D eigenvalue weighted by atomic mass is 16.6. The molecule has 4 nitrogen and oxygen atoms in total. The largest absolute Gasteiger partial charge is 0.444 e. The molecule has 1 saturated carbocycles. The second-order valence-corrected chi connectivity index (χ2v) is 7.89. The number of ether oxygens (including phenoxy) is 1. The van der Waals surface area contributed by atoms with E-state index < -0.39 is 5.60 Å². The Hall–Kier alpha value is -1.55. The van der Waals surface area contributed by atoms with Gasteiger partial charge in [-0.2, -0.15) is 0 Å². The highest BCUT2D eigenvalue weighted by Crippen LogP contribution is 2.44. The molecule has 23 heavy (non-hydrogen) atoms. The average molecular weight is 316 g/mol. The zero-order chi connectivity index (χ0) is 16.5. The summed E-state index contributed by atoms with van der Waals surface area (Å²) in [5.74, 6) is 0. The molecule has 1 aromatic rings. The maximum atomic E-state index is 12.4. The van der Waals surface area contributed by atoms with Crippen molar-refractivity contribution in [3.05, 3.63) is 35.9 Å². The Morgan fingerprint density at radius 3 is 2.48 bits per heavy atom. The Bertz CT molecular complexity index is 546. The summed E-state index contributed by atoms with van der Waals surface area (Å²) in [4.78, 5) is 16.9. The zero-order valence-corrected chi connectivity index (χ0v) is 14.5. The predicted octanol–water partition coefficient (Wildman–Crippen LogP) is 3.66. The van der Waals surface area contributed by atoms with Crippen LogP contribution in [0, 0.1) is 0 Å². The molecular weight excluding hydrogens is 288 g/mol. The van der Waals surface area contributed by atoms with Gasteiger partial charge in [-0.05, 0) is 45.6 Å². The fourth-order valence-electron chi connectivity index (χ4n) is 3.38. The Balaban J connectivity index is 1.67. The molecule has 0 atom stereocenters. The van der Waals surface area contributed by atoms with E-state index in [9.17, 15) is 4.79 Å². The minimum absolute atomic E-state index is 0.162. The van der Waals surface area contributed by atoms with E-state index in [0.29, 0.717) is 0 Å². The minimum Gasteiger partial charge on any atom is -0.444 e. The van der Waals surface area contributed by atoms with Crippen LogP contribution in [0.5, 0.6) is 0 Å². The Labute approximate surface area is 139 Å². The number of carbonyl (C=O) groups is 1. The van der Waals surface area contributed by atoms with E-state index in [1.807, 2.05) is 25.7 Å². The fourth-order valence-corrected chi connectivity index (χ4v) is 3.38. The van der Waals surface area contributed by atoms with Crippen molar-refractivity contribution in [3.63, 3.8) is 0 Å². The summed E-state index contributed by atoms with van der Waals surface area (Å²) < 4.78 is 5.58. The molecule has 0 N–H and O–H groups in total. The number of carbonyl (C=O) groups excluding carboxylic acids is 1. The lowest BCUT2D eigenvalue weighted by Crippen LogP contribution is -2.45. The first-order chi connectivity index (χ1) is 10.9. The molecule has 1 heterocycles. The summed E-state index contributed by atoms with van der Waals surface area (Å²) in [6, 6.07) is 10.6. The second kappa shape index (κ2) is 6.16. The molecule has 2 fully saturated rings. The van der Waals surface area contributed by atoms with E-state index in [1.54, 1.807) is 0 Å². The standard InChI is InChI=1S/C19H28N2O2/c1-18(2,3)23-17(22)20-12-7-13-21(19(15-20)10-11-19)14-16-8-5-4-6-9-16/h4-6,8-9H,7,10-15H2,1-3H3. The Kier molecular flexibility index (Phi) is 4.37. The van der Waals surface area contributed by atoms with Gasteiger partial charge in [0.25, 0.3) is 0 Å². The Morgan fingerprint density at radius 1 is 1.17 bits per heavy atom. The first kappa shape index (κ1) is 16.3. The van der Waals surface area contributed by atoms with Crippen LogP contribution < -0.4 is 0 Å². The fraction of sp³-hybridized carbons (Fsp3) is 0.632. The summed E-state index contributed by atoms with van der Waals surface area (Å²) in [6.07, 6.45) is 3.21. The van der Waals surface area contributed by atoms with Crippen LogP contribution >= 0.6 is 0 Å². The van der Waals surface area contributed by atoms with Gasteiger partial charge in [0, 0.05) is 31.7 Å². The van der Waals surface area contributed by atoms with E-state index in [0.717, 1.165) is 32.6 Å². The third kappa shape index (κ3) is 4.05. The molecule has 2 aliphatic rings. The van der Waals surface area contributed by atoms with Crippen LogP contribution in [0.3, 0.4) is 0 Å². The topological polar surface area (TPSA) is 32.8 Å². The van der Waals surface area contributed by atoms with Crippen LogP contribution in [0.2, 0.25) is 0 Å². The van der Waals surface area contributed by atoms with Crippen LogP contribution in [0.15, 0.2) is 30.3 Å². The van der Waals surface area contributed by atoms with Crippen molar-refractivity contribution in [2.75, 3.05) is 19.6 Å². The van der Waals surface area contributed by atoms with Gasteiger partial charge in [-0.25, -0.2) is 4.79 Å². The van der Waals surface area contributed by atoms with Gasteiger partial charge in [-0.1, -0.05) is 30.3 Å². The van der Waals surface area contributed by atoms with Crippen LogP contribution in [0.4, 0.5) is 4.79 Å². The third-order valence-corrected chi connectivity index (χ3v) is 4.71. The lowest BCUT2D eigenvalue weighted by Gasteiger charge is -2.33. The lowest BCUT2D eigenvalue weighted by atomic mass is 10.1. The zero-order valence-electron chi connectivity index (χ0n) is 14.5. The summed E-state index contributed by atoms with van der Waals surface area (Å²) >= 11 is 0. The van der Waals surface area contributed by atoms with Crippen LogP contribution in [-0.2, 0) is 11.3 Å². The smallest absolute Gasteiger partial charge is 0.410 e. The number of hydrogen-bond acceptors (Lipinski definition) is 3. The maximum absolute atomic E-state index is 12.4. The summed E-state index contributed by atoms with van der Waals surface area (Å²) in [7, 11) is 0. The molecule has 1 aliphatic carbocycles. The molecule has 1 saturated heterocycles. The summed E-state index contributed by atoms with van der Waals surface area (Å²) in [5, 5.41) is 0. The van der Waals surface area contributed by atoms with Crippen molar-refractivity contribution in [3.8, 4) is 0 Å². The quantitative estimate of drug-likeness (QED) is 0.835. The van der Waals surface area contributed by atoms with Crippen LogP contribution in [0.25, 0.3) is 0 Å². The lowest BCUT2D eigenvalue weighted by molar-refractivity contribution is 0.0217. The molecule has 4 heteroatoms. The molecular formula is C19H28N2O2. The molecule has 126 valence electrons. The molecule has 0 aromatic heterocycles. The molecule has 3 rings (SSSR count). The molecule has 1 aromatic carbocycles. The molecule has 1 spiro atoms. The van der Waals surface area contributed by atoms with Gasteiger partial charge >= 0.3 is 6.09 Å². The SMILES string of the molecule is CC(C)(C)OC(=O)N1CCCN(Cc2ccccc2)C2(CC2)C1.